The molecule has 0 aliphatic heterocycles. The molecule has 3 saturated carbocycles. The van der Waals surface area contributed by atoms with Crippen molar-refractivity contribution in [3.8, 4) is 0 Å². The predicted molar refractivity (Wildman–Crippen MR) is 168 cm³/mol. The van der Waals surface area contributed by atoms with Crippen molar-refractivity contribution in [2.24, 2.45) is 46.3 Å². The number of amides is 1. The van der Waals surface area contributed by atoms with Gasteiger partial charge in [0, 0.05) is 26.2 Å². The first-order valence-corrected chi connectivity index (χ1v) is 17.5. The highest BCUT2D eigenvalue weighted by Gasteiger charge is 2.59. The van der Waals surface area contributed by atoms with E-state index >= 15 is 0 Å². The van der Waals surface area contributed by atoms with E-state index in [1.807, 2.05) is 0 Å². The summed E-state index contributed by atoms with van der Waals surface area (Å²) in [6.07, 6.45) is 18.4. The second kappa shape index (κ2) is 15.1. The molecule has 0 aromatic rings. The molecule has 0 saturated heterocycles. The summed E-state index contributed by atoms with van der Waals surface area (Å²) >= 11 is 0. The summed E-state index contributed by atoms with van der Waals surface area (Å²) in [6.45, 7) is 17.9. The Morgan fingerprint density at radius 3 is 2.49 bits per heavy atom. The molecule has 1 amide bonds. The average molecular weight is 574 g/mol. The Morgan fingerprint density at radius 1 is 0.951 bits per heavy atom. The van der Waals surface area contributed by atoms with Crippen molar-refractivity contribution in [1.29, 1.82) is 0 Å². The Balaban J connectivity index is 1.24. The Hall–Kier alpha value is -1.07. The minimum atomic E-state index is -0.271. The van der Waals surface area contributed by atoms with E-state index in [1.54, 1.807) is 5.57 Å². The topological polar surface area (TPSA) is 56.8 Å². The number of fused-ring (bicyclic) bond motifs is 5. The lowest BCUT2D eigenvalue weighted by atomic mass is 9.47. The molecular formula is C36H63NO4. The first-order chi connectivity index (χ1) is 19.7. The smallest absolute Gasteiger partial charge is 0.407 e. The normalized spacial score (nSPS) is 35.3. The van der Waals surface area contributed by atoms with E-state index in [9.17, 15) is 4.79 Å². The van der Waals surface area contributed by atoms with E-state index in [0.717, 1.165) is 74.2 Å². The summed E-state index contributed by atoms with van der Waals surface area (Å²) in [7, 11) is 0. The van der Waals surface area contributed by atoms with Crippen molar-refractivity contribution in [1.82, 2.24) is 5.32 Å². The molecule has 4 aliphatic carbocycles. The Morgan fingerprint density at radius 2 is 1.73 bits per heavy atom. The van der Waals surface area contributed by atoms with Crippen molar-refractivity contribution in [3.05, 3.63) is 11.6 Å². The van der Waals surface area contributed by atoms with Crippen LogP contribution in [-0.4, -0.2) is 45.2 Å². The fourth-order valence-electron chi connectivity index (χ4n) is 9.78. The SMILES string of the molecule is CCCOCCOCCCNC(=O)OC1CC[C@@]2(C)C(=CC[C@H]3[C@@H]4CC[C@H]([C@H](C)CCCC(C)C)[C@@]4(C)CC[C@@H]32)C1. The van der Waals surface area contributed by atoms with Crippen molar-refractivity contribution >= 4 is 6.09 Å². The maximum Gasteiger partial charge on any atom is 0.407 e. The molecule has 0 aromatic heterocycles. The fraction of sp³-hybridized carbons (Fsp3) is 0.917. The lowest BCUT2D eigenvalue weighted by molar-refractivity contribution is -0.0581. The zero-order valence-electron chi connectivity index (χ0n) is 27.5. The summed E-state index contributed by atoms with van der Waals surface area (Å²) in [5.74, 6) is 5.14. The summed E-state index contributed by atoms with van der Waals surface area (Å²) < 4.78 is 16.9. The molecule has 3 fully saturated rings. The van der Waals surface area contributed by atoms with Crippen LogP contribution in [0.4, 0.5) is 4.79 Å². The van der Waals surface area contributed by atoms with Gasteiger partial charge in [0.15, 0.2) is 0 Å². The summed E-state index contributed by atoms with van der Waals surface area (Å²) in [5.41, 5.74) is 2.41. The van der Waals surface area contributed by atoms with E-state index in [-0.39, 0.29) is 12.2 Å². The number of nitrogens with one attached hydrogen (secondary N) is 1. The summed E-state index contributed by atoms with van der Waals surface area (Å²) in [5, 5.41) is 2.94. The molecular weight excluding hydrogens is 510 g/mol. The maximum absolute atomic E-state index is 12.5. The van der Waals surface area contributed by atoms with Crippen LogP contribution in [0.1, 0.15) is 125 Å². The summed E-state index contributed by atoms with van der Waals surface area (Å²) in [6, 6.07) is 0. The minimum Gasteiger partial charge on any atom is -0.446 e. The molecule has 0 radical (unpaired) electrons. The van der Waals surface area contributed by atoms with Crippen molar-refractivity contribution in [2.75, 3.05) is 33.0 Å². The van der Waals surface area contributed by atoms with Gasteiger partial charge < -0.3 is 19.5 Å². The third kappa shape index (κ3) is 7.91. The molecule has 0 spiro atoms. The van der Waals surface area contributed by atoms with Crippen molar-refractivity contribution in [3.63, 3.8) is 0 Å². The highest BCUT2D eigenvalue weighted by molar-refractivity contribution is 5.67. The zero-order chi connectivity index (χ0) is 29.5. The first-order valence-electron chi connectivity index (χ1n) is 17.5. The molecule has 1 N–H and O–H groups in total. The molecule has 41 heavy (non-hydrogen) atoms. The molecule has 4 aliphatic rings. The number of allylic oxidation sites excluding steroid dienone is 1. The molecule has 8 atom stereocenters. The lowest BCUT2D eigenvalue weighted by Crippen LogP contribution is -2.51. The number of alkyl carbamates (subject to hydrolysis) is 1. The van der Waals surface area contributed by atoms with E-state index in [1.165, 1.54) is 51.4 Å². The predicted octanol–water partition coefficient (Wildman–Crippen LogP) is 8.96. The van der Waals surface area contributed by atoms with Crippen LogP contribution in [0.5, 0.6) is 0 Å². The van der Waals surface area contributed by atoms with Crippen molar-refractivity contribution in [2.45, 2.75) is 131 Å². The number of carbonyl (C=O) groups excluding carboxylic acids is 1. The Kier molecular flexibility index (Phi) is 12.1. The van der Waals surface area contributed by atoms with Crippen LogP contribution >= 0.6 is 0 Å². The van der Waals surface area contributed by atoms with Gasteiger partial charge >= 0.3 is 6.09 Å². The second-order valence-corrected chi connectivity index (χ2v) is 15.1. The van der Waals surface area contributed by atoms with Crippen molar-refractivity contribution < 1.29 is 19.0 Å². The van der Waals surface area contributed by atoms with Gasteiger partial charge in [-0.3, -0.25) is 0 Å². The van der Waals surface area contributed by atoms with Crippen LogP contribution in [0.25, 0.3) is 0 Å². The Bertz CT molecular complexity index is 857. The molecule has 5 heteroatoms. The van der Waals surface area contributed by atoms with Gasteiger partial charge in [-0.1, -0.05) is 72.5 Å². The van der Waals surface area contributed by atoms with E-state index in [4.69, 9.17) is 14.2 Å². The number of ether oxygens (including phenoxy) is 3. The maximum atomic E-state index is 12.5. The van der Waals surface area contributed by atoms with Crippen LogP contribution in [0.3, 0.4) is 0 Å². The third-order valence-electron chi connectivity index (χ3n) is 12.0. The largest absolute Gasteiger partial charge is 0.446 e. The average Bonchev–Trinajstić information content (AvgIpc) is 3.29. The monoisotopic (exact) mass is 573 g/mol. The van der Waals surface area contributed by atoms with Crippen LogP contribution in [-0.2, 0) is 14.2 Å². The number of hydrogen-bond donors (Lipinski definition) is 1. The fourth-order valence-corrected chi connectivity index (χ4v) is 9.78. The van der Waals surface area contributed by atoms with Gasteiger partial charge in [0.2, 0.25) is 0 Å². The molecule has 4 rings (SSSR count). The van der Waals surface area contributed by atoms with E-state index in [2.05, 4.69) is 52.9 Å². The lowest BCUT2D eigenvalue weighted by Gasteiger charge is -2.58. The molecule has 0 heterocycles. The van der Waals surface area contributed by atoms with Gasteiger partial charge in [-0.05, 0) is 104 Å². The van der Waals surface area contributed by atoms with Crippen LogP contribution in [0.15, 0.2) is 11.6 Å². The van der Waals surface area contributed by atoms with Gasteiger partial charge in [0.25, 0.3) is 0 Å². The number of hydrogen-bond acceptors (Lipinski definition) is 4. The van der Waals surface area contributed by atoms with Gasteiger partial charge in [-0.2, -0.15) is 0 Å². The highest BCUT2D eigenvalue weighted by Crippen LogP contribution is 2.67. The number of carbonyl (C=O) groups is 1. The number of rotatable bonds is 15. The van der Waals surface area contributed by atoms with Crippen LogP contribution < -0.4 is 5.32 Å². The zero-order valence-corrected chi connectivity index (χ0v) is 27.5. The standard InChI is InChI=1S/C36H63NO4/c1-7-21-39-23-24-40-22-9-20-37-34(38)41-29-16-18-35(5)28(25-29)12-13-30-32-15-14-31(27(4)11-8-10-26(2)3)36(32,6)19-17-33(30)35/h12,26-27,29-33H,7-11,13-25H2,1-6H3,(H,37,38)/t27-,29?,30+,31-,32+,33+,35+,36-/m1/s1. The van der Waals surface area contributed by atoms with Gasteiger partial charge in [-0.25, -0.2) is 4.79 Å². The molecule has 0 aromatic carbocycles. The quantitative estimate of drug-likeness (QED) is 0.157. The highest BCUT2D eigenvalue weighted by atomic mass is 16.6. The van der Waals surface area contributed by atoms with E-state index < -0.39 is 0 Å². The van der Waals surface area contributed by atoms with Gasteiger partial charge in [-0.15, -0.1) is 0 Å². The minimum absolute atomic E-state index is 0.00856. The second-order valence-electron chi connectivity index (χ2n) is 15.1. The molecule has 0 bridgehead atoms. The van der Waals surface area contributed by atoms with Gasteiger partial charge in [0.1, 0.15) is 6.10 Å². The van der Waals surface area contributed by atoms with Gasteiger partial charge in [0.05, 0.1) is 13.2 Å². The molecule has 1 unspecified atom stereocenters. The van der Waals surface area contributed by atoms with Crippen LogP contribution in [0, 0.1) is 46.3 Å². The summed E-state index contributed by atoms with van der Waals surface area (Å²) in [4.78, 5) is 12.5. The first kappa shape index (κ1) is 32.8. The van der Waals surface area contributed by atoms with Crippen LogP contribution in [0.2, 0.25) is 0 Å². The third-order valence-corrected chi connectivity index (χ3v) is 12.0. The Labute approximate surface area is 252 Å². The van der Waals surface area contributed by atoms with E-state index in [0.29, 0.717) is 37.2 Å². The molecule has 236 valence electrons. The molecule has 5 nitrogen and oxygen atoms in total.